The molecule has 0 unspecified atom stereocenters. The van der Waals surface area contributed by atoms with E-state index in [-0.39, 0.29) is 24.7 Å². The van der Waals surface area contributed by atoms with Gasteiger partial charge in [0.15, 0.2) is 12.4 Å². The maximum atomic E-state index is 12.4. The van der Waals surface area contributed by atoms with Crippen LogP contribution >= 0.6 is 11.6 Å². The molecule has 0 N–H and O–H groups in total. The average Bonchev–Trinajstić information content (AvgIpc) is 3.22. The van der Waals surface area contributed by atoms with Crippen LogP contribution in [0.15, 0.2) is 48.5 Å². The Morgan fingerprint density at radius 2 is 1.64 bits per heavy atom. The van der Waals surface area contributed by atoms with Gasteiger partial charge in [-0.2, -0.15) is 0 Å². The second kappa shape index (κ2) is 11.6. The Balaban J connectivity index is 1.51. The Morgan fingerprint density at radius 3 is 2.30 bits per heavy atom. The number of ether oxygens (including phenoxy) is 2. The van der Waals surface area contributed by atoms with E-state index in [0.29, 0.717) is 28.4 Å². The molecule has 0 saturated carbocycles. The second-order valence-electron chi connectivity index (χ2n) is 7.83. The van der Waals surface area contributed by atoms with Crippen molar-refractivity contribution in [2.45, 2.75) is 32.6 Å². The van der Waals surface area contributed by atoms with Crippen LogP contribution in [-0.2, 0) is 19.1 Å². The van der Waals surface area contributed by atoms with Crippen LogP contribution in [0.1, 0.15) is 53.3 Å². The molecule has 2 aromatic carbocycles. The fourth-order valence-electron chi connectivity index (χ4n) is 3.47. The van der Waals surface area contributed by atoms with Crippen LogP contribution in [0, 0.1) is 5.92 Å². The lowest BCUT2D eigenvalue weighted by atomic mass is 10.1. The van der Waals surface area contributed by atoms with E-state index in [1.165, 1.54) is 4.90 Å². The van der Waals surface area contributed by atoms with Gasteiger partial charge < -0.3 is 14.4 Å². The molecule has 7 nitrogen and oxygen atoms in total. The van der Waals surface area contributed by atoms with Crippen LogP contribution in [0.3, 0.4) is 0 Å². The summed E-state index contributed by atoms with van der Waals surface area (Å²) in [7, 11) is 0. The van der Waals surface area contributed by atoms with Gasteiger partial charge in [-0.05, 0) is 55.0 Å². The Labute approximate surface area is 197 Å². The molecule has 3 rings (SSSR count). The van der Waals surface area contributed by atoms with Crippen molar-refractivity contribution in [1.82, 2.24) is 0 Å². The molecule has 1 atom stereocenters. The summed E-state index contributed by atoms with van der Waals surface area (Å²) in [6, 6.07) is 12.8. The fraction of sp³-hybridized carbons (Fsp3) is 0.360. The molecular formula is C25H26ClNO6. The minimum absolute atomic E-state index is 0.00477. The molecular weight excluding hydrogens is 446 g/mol. The van der Waals surface area contributed by atoms with E-state index in [4.69, 9.17) is 21.1 Å². The highest BCUT2D eigenvalue weighted by molar-refractivity contribution is 6.30. The summed E-state index contributed by atoms with van der Waals surface area (Å²) < 4.78 is 10.4. The molecule has 1 heterocycles. The molecule has 0 radical (unpaired) electrons. The Kier molecular flexibility index (Phi) is 8.60. The van der Waals surface area contributed by atoms with Gasteiger partial charge in [0.2, 0.25) is 5.91 Å². The van der Waals surface area contributed by atoms with Crippen LogP contribution in [0.2, 0.25) is 5.02 Å². The predicted molar refractivity (Wildman–Crippen MR) is 123 cm³/mol. The highest BCUT2D eigenvalue weighted by Crippen LogP contribution is 2.26. The van der Waals surface area contributed by atoms with Crippen LogP contribution < -0.4 is 4.90 Å². The first-order valence-electron chi connectivity index (χ1n) is 10.9. The Bertz CT molecular complexity index is 1000. The number of unbranched alkanes of at least 4 members (excludes halogenated alkanes) is 2. The number of ketones is 1. The first-order valence-corrected chi connectivity index (χ1v) is 11.3. The number of carbonyl (C=O) groups excluding carboxylic acids is 4. The van der Waals surface area contributed by atoms with E-state index < -0.39 is 24.5 Å². The molecule has 0 aliphatic carbocycles. The Hall–Kier alpha value is -3.19. The zero-order valence-electron chi connectivity index (χ0n) is 18.4. The topological polar surface area (TPSA) is 90.0 Å². The third-order valence-corrected chi connectivity index (χ3v) is 5.62. The largest absolute Gasteiger partial charge is 0.462 e. The number of Topliss-reactive ketones (excluding diaryl/α,β-unsaturated/α-hetero) is 1. The van der Waals surface area contributed by atoms with Crippen LogP contribution in [0.25, 0.3) is 0 Å². The number of amides is 1. The van der Waals surface area contributed by atoms with Gasteiger partial charge in [0.25, 0.3) is 0 Å². The molecule has 33 heavy (non-hydrogen) atoms. The summed E-state index contributed by atoms with van der Waals surface area (Å²) in [5.41, 5.74) is 1.37. The molecule has 0 aromatic heterocycles. The van der Waals surface area contributed by atoms with Gasteiger partial charge in [0, 0.05) is 29.2 Å². The van der Waals surface area contributed by atoms with Crippen molar-refractivity contribution < 1.29 is 28.7 Å². The summed E-state index contributed by atoms with van der Waals surface area (Å²) in [5, 5.41) is 0.505. The third kappa shape index (κ3) is 6.65. The minimum Gasteiger partial charge on any atom is -0.462 e. The second-order valence-corrected chi connectivity index (χ2v) is 8.27. The lowest BCUT2D eigenvalue weighted by molar-refractivity contribution is -0.147. The van der Waals surface area contributed by atoms with Crippen molar-refractivity contribution in [3.63, 3.8) is 0 Å². The highest BCUT2D eigenvalue weighted by Gasteiger charge is 2.36. The van der Waals surface area contributed by atoms with Crippen molar-refractivity contribution in [2.75, 3.05) is 24.7 Å². The fourth-order valence-corrected chi connectivity index (χ4v) is 3.59. The maximum Gasteiger partial charge on any atom is 0.338 e. The van der Waals surface area contributed by atoms with Gasteiger partial charge in [0.05, 0.1) is 18.1 Å². The summed E-state index contributed by atoms with van der Waals surface area (Å²) in [5.74, 6) is -2.24. The van der Waals surface area contributed by atoms with Crippen LogP contribution in [0.4, 0.5) is 5.69 Å². The molecule has 1 aliphatic heterocycles. The molecule has 1 saturated heterocycles. The minimum atomic E-state index is -0.668. The monoisotopic (exact) mass is 471 g/mol. The number of hydrogen-bond donors (Lipinski definition) is 0. The number of esters is 2. The molecule has 1 amide bonds. The quantitative estimate of drug-likeness (QED) is 0.288. The third-order valence-electron chi connectivity index (χ3n) is 5.37. The van der Waals surface area contributed by atoms with Crippen molar-refractivity contribution in [2.24, 2.45) is 5.92 Å². The van der Waals surface area contributed by atoms with E-state index in [1.54, 1.807) is 48.5 Å². The number of rotatable bonds is 10. The smallest absolute Gasteiger partial charge is 0.338 e. The number of carbonyl (C=O) groups is 4. The number of benzene rings is 2. The summed E-state index contributed by atoms with van der Waals surface area (Å²) in [4.78, 5) is 50.6. The molecule has 1 fully saturated rings. The lowest BCUT2D eigenvalue weighted by Gasteiger charge is -2.17. The predicted octanol–water partition coefficient (Wildman–Crippen LogP) is 4.47. The van der Waals surface area contributed by atoms with Crippen LogP contribution in [-0.4, -0.2) is 43.4 Å². The normalized spacial score (nSPS) is 15.4. The first-order chi connectivity index (χ1) is 15.9. The molecule has 8 heteroatoms. The van der Waals surface area contributed by atoms with E-state index >= 15 is 0 Å². The number of nitrogens with zero attached hydrogens (tertiary/aromatic N) is 1. The van der Waals surface area contributed by atoms with E-state index in [1.807, 2.05) is 0 Å². The van der Waals surface area contributed by atoms with E-state index in [2.05, 4.69) is 6.92 Å². The summed E-state index contributed by atoms with van der Waals surface area (Å²) in [6.07, 6.45) is 2.87. The van der Waals surface area contributed by atoms with Gasteiger partial charge in [-0.15, -0.1) is 0 Å². The standard InChI is InChI=1S/C25H26ClNO6/c1-2-3-4-13-32-24(30)18-7-11-21(12-8-18)27-15-19(14-23(27)29)25(31)33-16-22(28)17-5-9-20(26)10-6-17/h5-12,19H,2-4,13-16H2,1H3/t19-/m0/s1. The number of halogens is 1. The van der Waals surface area contributed by atoms with Crippen molar-refractivity contribution in [3.05, 3.63) is 64.7 Å². The number of hydrogen-bond acceptors (Lipinski definition) is 6. The zero-order chi connectivity index (χ0) is 23.8. The SMILES string of the molecule is CCCCCOC(=O)c1ccc(N2C[C@@H](C(=O)OCC(=O)c3ccc(Cl)cc3)CC2=O)cc1. The zero-order valence-corrected chi connectivity index (χ0v) is 19.2. The maximum absolute atomic E-state index is 12.4. The first kappa shape index (κ1) is 24.5. The van der Waals surface area contributed by atoms with E-state index in [9.17, 15) is 19.2 Å². The van der Waals surface area contributed by atoms with Crippen molar-refractivity contribution >= 4 is 40.9 Å². The molecule has 2 aromatic rings. The van der Waals surface area contributed by atoms with Gasteiger partial charge in [-0.25, -0.2) is 4.79 Å². The molecule has 1 aliphatic rings. The summed E-state index contributed by atoms with van der Waals surface area (Å²) >= 11 is 5.81. The molecule has 0 spiro atoms. The average molecular weight is 472 g/mol. The number of anilines is 1. The van der Waals surface area contributed by atoms with Gasteiger partial charge in [-0.3, -0.25) is 14.4 Å². The molecule has 174 valence electrons. The van der Waals surface area contributed by atoms with Gasteiger partial charge in [0.1, 0.15) is 0 Å². The highest BCUT2D eigenvalue weighted by atomic mass is 35.5. The van der Waals surface area contributed by atoms with Crippen molar-refractivity contribution in [3.8, 4) is 0 Å². The Morgan fingerprint density at radius 1 is 0.970 bits per heavy atom. The van der Waals surface area contributed by atoms with Gasteiger partial charge >= 0.3 is 11.9 Å². The van der Waals surface area contributed by atoms with Gasteiger partial charge in [-0.1, -0.05) is 31.4 Å². The molecule has 0 bridgehead atoms. The van der Waals surface area contributed by atoms with Crippen LogP contribution in [0.5, 0.6) is 0 Å². The van der Waals surface area contributed by atoms with Crippen molar-refractivity contribution in [1.29, 1.82) is 0 Å². The summed E-state index contributed by atoms with van der Waals surface area (Å²) in [6.45, 7) is 2.20. The van der Waals surface area contributed by atoms with E-state index in [0.717, 1.165) is 19.3 Å². The lowest BCUT2D eigenvalue weighted by Crippen LogP contribution is -2.27.